The van der Waals surface area contributed by atoms with Crippen LogP contribution in [0.15, 0.2) is 48.5 Å². The topological polar surface area (TPSA) is 35.8 Å². The van der Waals surface area contributed by atoms with Crippen molar-refractivity contribution in [2.45, 2.75) is 18.4 Å². The first-order valence-electron chi connectivity index (χ1n) is 6.23. The maximum absolute atomic E-state index is 9.59. The van der Waals surface area contributed by atoms with E-state index in [0.29, 0.717) is 17.9 Å². The molecular weight excluding hydrogens is 256 g/mol. The summed E-state index contributed by atoms with van der Waals surface area (Å²) in [6.07, 6.45) is 1.43. The first-order valence-corrected chi connectivity index (χ1v) is 6.61. The van der Waals surface area contributed by atoms with Crippen molar-refractivity contribution >= 4 is 17.3 Å². The van der Waals surface area contributed by atoms with Crippen molar-refractivity contribution in [1.82, 2.24) is 0 Å². The number of hydrogen-bond acceptors (Lipinski definition) is 2. The molecule has 94 valence electrons. The molecule has 0 saturated carbocycles. The van der Waals surface area contributed by atoms with Crippen molar-refractivity contribution in [1.29, 1.82) is 5.26 Å². The fourth-order valence-corrected chi connectivity index (χ4v) is 2.81. The molecule has 0 saturated heterocycles. The van der Waals surface area contributed by atoms with Crippen LogP contribution in [0.3, 0.4) is 0 Å². The van der Waals surface area contributed by atoms with E-state index in [1.54, 1.807) is 0 Å². The summed E-state index contributed by atoms with van der Waals surface area (Å²) in [5.41, 5.74) is 2.71. The molecule has 1 aliphatic rings. The summed E-state index contributed by atoms with van der Waals surface area (Å²) in [4.78, 5) is 0. The molecule has 0 unspecified atom stereocenters. The number of nitriles is 1. The molecule has 0 aliphatic heterocycles. The van der Waals surface area contributed by atoms with Crippen LogP contribution in [0.25, 0.3) is 0 Å². The predicted octanol–water partition coefficient (Wildman–Crippen LogP) is 3.81. The molecule has 0 bridgehead atoms. The van der Waals surface area contributed by atoms with Crippen LogP contribution >= 0.6 is 11.6 Å². The van der Waals surface area contributed by atoms with Gasteiger partial charge in [-0.05, 0) is 23.3 Å². The molecule has 1 N–H and O–H groups in total. The molecule has 0 spiro atoms. The third-order valence-corrected chi connectivity index (χ3v) is 3.89. The Morgan fingerprint density at radius 3 is 2.16 bits per heavy atom. The van der Waals surface area contributed by atoms with E-state index in [9.17, 15) is 5.26 Å². The van der Waals surface area contributed by atoms with Gasteiger partial charge in [-0.1, -0.05) is 48.0 Å². The SMILES string of the molecule is N#CC1(Nc2ccccc2Cl)Cc2ccccc2C1. The van der Waals surface area contributed by atoms with Gasteiger partial charge in [-0.2, -0.15) is 5.26 Å². The zero-order valence-electron chi connectivity index (χ0n) is 10.4. The number of para-hydroxylation sites is 1. The second kappa shape index (κ2) is 4.60. The number of halogens is 1. The monoisotopic (exact) mass is 268 g/mol. The third kappa shape index (κ3) is 2.18. The average Bonchev–Trinajstić information content (AvgIpc) is 2.80. The van der Waals surface area contributed by atoms with Crippen LogP contribution in [0.2, 0.25) is 5.02 Å². The Morgan fingerprint density at radius 1 is 1.00 bits per heavy atom. The number of nitrogens with zero attached hydrogens (tertiary/aromatic N) is 1. The van der Waals surface area contributed by atoms with Gasteiger partial charge in [0.15, 0.2) is 0 Å². The lowest BCUT2D eigenvalue weighted by atomic mass is 9.97. The van der Waals surface area contributed by atoms with Crippen molar-refractivity contribution < 1.29 is 0 Å². The Labute approximate surface area is 117 Å². The van der Waals surface area contributed by atoms with Crippen LogP contribution in [0, 0.1) is 11.3 Å². The van der Waals surface area contributed by atoms with Crippen molar-refractivity contribution in [2.24, 2.45) is 0 Å². The Bertz CT molecular complexity index is 633. The van der Waals surface area contributed by atoms with Gasteiger partial charge in [0, 0.05) is 12.8 Å². The second-order valence-electron chi connectivity index (χ2n) is 4.92. The number of fused-ring (bicyclic) bond motifs is 1. The van der Waals surface area contributed by atoms with Gasteiger partial charge in [0.25, 0.3) is 0 Å². The van der Waals surface area contributed by atoms with Gasteiger partial charge in [0.1, 0.15) is 5.54 Å². The normalized spacial score (nSPS) is 15.6. The first-order chi connectivity index (χ1) is 9.22. The first kappa shape index (κ1) is 12.1. The lowest BCUT2D eigenvalue weighted by Crippen LogP contribution is -2.37. The zero-order valence-corrected chi connectivity index (χ0v) is 11.1. The maximum atomic E-state index is 9.59. The molecule has 3 rings (SSSR count). The van der Waals surface area contributed by atoms with Crippen LogP contribution in [0.4, 0.5) is 5.69 Å². The summed E-state index contributed by atoms with van der Waals surface area (Å²) >= 11 is 6.16. The molecule has 2 aromatic carbocycles. The van der Waals surface area contributed by atoms with Crippen LogP contribution in [0.1, 0.15) is 11.1 Å². The molecule has 0 fully saturated rings. The zero-order chi connectivity index (χ0) is 13.3. The molecule has 3 heteroatoms. The second-order valence-corrected chi connectivity index (χ2v) is 5.33. The van der Waals surface area contributed by atoms with E-state index in [2.05, 4.69) is 23.5 Å². The third-order valence-electron chi connectivity index (χ3n) is 3.56. The molecule has 0 amide bonds. The summed E-state index contributed by atoms with van der Waals surface area (Å²) in [5.74, 6) is 0. The number of hydrogen-bond donors (Lipinski definition) is 1. The largest absolute Gasteiger partial charge is 0.366 e. The minimum absolute atomic E-state index is 0.589. The minimum atomic E-state index is -0.589. The molecule has 19 heavy (non-hydrogen) atoms. The lowest BCUT2D eigenvalue weighted by Gasteiger charge is -2.24. The summed E-state index contributed by atoms with van der Waals surface area (Å²) in [7, 11) is 0. The van der Waals surface area contributed by atoms with E-state index in [1.807, 2.05) is 36.4 Å². The van der Waals surface area contributed by atoms with Crippen molar-refractivity contribution in [3.63, 3.8) is 0 Å². The van der Waals surface area contributed by atoms with E-state index >= 15 is 0 Å². The van der Waals surface area contributed by atoms with E-state index in [-0.39, 0.29) is 0 Å². The van der Waals surface area contributed by atoms with E-state index in [0.717, 1.165) is 5.69 Å². The highest BCUT2D eigenvalue weighted by Gasteiger charge is 2.37. The molecule has 0 radical (unpaired) electrons. The molecule has 0 aromatic heterocycles. The van der Waals surface area contributed by atoms with Gasteiger partial charge in [0.05, 0.1) is 16.8 Å². The summed E-state index contributed by atoms with van der Waals surface area (Å²) in [6.45, 7) is 0. The van der Waals surface area contributed by atoms with Crippen molar-refractivity contribution in [2.75, 3.05) is 5.32 Å². The summed E-state index contributed by atoms with van der Waals surface area (Å²) < 4.78 is 0. The Morgan fingerprint density at radius 2 is 1.58 bits per heavy atom. The van der Waals surface area contributed by atoms with E-state index < -0.39 is 5.54 Å². The molecule has 1 aliphatic carbocycles. The Balaban J connectivity index is 1.92. The Kier molecular flexibility index (Phi) is 2.93. The Hall–Kier alpha value is -1.98. The molecule has 0 atom stereocenters. The van der Waals surface area contributed by atoms with Crippen molar-refractivity contribution in [3.05, 3.63) is 64.7 Å². The van der Waals surface area contributed by atoms with Crippen LogP contribution in [0.5, 0.6) is 0 Å². The number of benzene rings is 2. The van der Waals surface area contributed by atoms with Gasteiger partial charge < -0.3 is 5.32 Å². The van der Waals surface area contributed by atoms with Crippen LogP contribution in [-0.4, -0.2) is 5.54 Å². The van der Waals surface area contributed by atoms with Gasteiger partial charge in [0.2, 0.25) is 0 Å². The standard InChI is InChI=1S/C16H13ClN2/c17-14-7-3-4-8-15(14)19-16(11-18)9-12-5-1-2-6-13(12)10-16/h1-8,19H,9-10H2. The smallest absolute Gasteiger partial charge is 0.133 e. The van der Waals surface area contributed by atoms with Gasteiger partial charge >= 0.3 is 0 Å². The van der Waals surface area contributed by atoms with Crippen LogP contribution in [-0.2, 0) is 12.8 Å². The molecule has 2 aromatic rings. The van der Waals surface area contributed by atoms with Gasteiger partial charge in [-0.15, -0.1) is 0 Å². The van der Waals surface area contributed by atoms with E-state index in [1.165, 1.54) is 11.1 Å². The van der Waals surface area contributed by atoms with Crippen molar-refractivity contribution in [3.8, 4) is 6.07 Å². The summed E-state index contributed by atoms with van der Waals surface area (Å²) in [6, 6.07) is 18.2. The highest BCUT2D eigenvalue weighted by atomic mass is 35.5. The fraction of sp³-hybridized carbons (Fsp3) is 0.188. The van der Waals surface area contributed by atoms with E-state index in [4.69, 9.17) is 11.6 Å². The minimum Gasteiger partial charge on any atom is -0.366 e. The highest BCUT2D eigenvalue weighted by molar-refractivity contribution is 6.33. The number of rotatable bonds is 2. The van der Waals surface area contributed by atoms with Crippen LogP contribution < -0.4 is 5.32 Å². The predicted molar refractivity (Wildman–Crippen MR) is 77.3 cm³/mol. The molecule has 0 heterocycles. The molecule has 2 nitrogen and oxygen atoms in total. The quantitative estimate of drug-likeness (QED) is 0.899. The fourth-order valence-electron chi connectivity index (χ4n) is 2.63. The molecular formula is C16H13ClN2. The van der Waals surface area contributed by atoms with Gasteiger partial charge in [-0.3, -0.25) is 0 Å². The lowest BCUT2D eigenvalue weighted by molar-refractivity contribution is 0.628. The average molecular weight is 269 g/mol. The summed E-state index contributed by atoms with van der Waals surface area (Å²) in [5, 5.41) is 13.6. The highest BCUT2D eigenvalue weighted by Crippen LogP contribution is 2.34. The number of nitrogens with one attached hydrogen (secondary N) is 1. The van der Waals surface area contributed by atoms with Gasteiger partial charge in [-0.25, -0.2) is 0 Å². The maximum Gasteiger partial charge on any atom is 0.133 e. The number of anilines is 1.